The lowest BCUT2D eigenvalue weighted by atomic mass is 9.98. The number of fused-ring (bicyclic) bond motifs is 3. The molecule has 0 saturated heterocycles. The van der Waals surface area contributed by atoms with Gasteiger partial charge in [-0.05, 0) is 28.3 Å². The van der Waals surface area contributed by atoms with Gasteiger partial charge >= 0.3 is 12.1 Å². The maximum atomic E-state index is 12.5. The Morgan fingerprint density at radius 3 is 2.25 bits per heavy atom. The van der Waals surface area contributed by atoms with E-state index >= 15 is 0 Å². The fourth-order valence-electron chi connectivity index (χ4n) is 4.48. The Hall–Kier alpha value is -3.76. The molecule has 1 amide bonds. The van der Waals surface area contributed by atoms with Crippen molar-refractivity contribution in [2.45, 2.75) is 31.3 Å². The highest BCUT2D eigenvalue weighted by Crippen LogP contribution is 2.44. The van der Waals surface area contributed by atoms with Crippen LogP contribution in [0.15, 0.2) is 73.1 Å². The summed E-state index contributed by atoms with van der Waals surface area (Å²) >= 11 is 0. The number of carboxylic acids is 1. The van der Waals surface area contributed by atoms with Gasteiger partial charge in [0.05, 0.1) is 5.75 Å². The second-order valence-electron chi connectivity index (χ2n) is 8.65. The molecule has 0 spiro atoms. The van der Waals surface area contributed by atoms with Gasteiger partial charge in [-0.15, -0.1) is 0 Å². The molecule has 1 aromatic heterocycles. The summed E-state index contributed by atoms with van der Waals surface area (Å²) in [6.45, 7) is 0.399. The highest BCUT2D eigenvalue weighted by molar-refractivity contribution is 7.85. The molecule has 0 bridgehead atoms. The van der Waals surface area contributed by atoms with E-state index in [1.807, 2.05) is 48.5 Å². The molecule has 1 aliphatic carbocycles. The van der Waals surface area contributed by atoms with E-state index in [2.05, 4.69) is 5.32 Å². The molecule has 36 heavy (non-hydrogen) atoms. The Balaban J connectivity index is 1.37. The molecule has 10 heteroatoms. The van der Waals surface area contributed by atoms with Crippen LogP contribution >= 0.6 is 0 Å². The van der Waals surface area contributed by atoms with Crippen LogP contribution in [0.5, 0.6) is 0 Å². The molecular weight excluding hydrogens is 484 g/mol. The topological polar surface area (TPSA) is 134 Å². The van der Waals surface area contributed by atoms with Crippen LogP contribution in [0, 0.1) is 0 Å². The number of nitrogens with zero attached hydrogens (tertiary/aromatic N) is 1. The van der Waals surface area contributed by atoms with Gasteiger partial charge < -0.3 is 15.2 Å². The van der Waals surface area contributed by atoms with E-state index < -0.39 is 28.2 Å². The third kappa shape index (κ3) is 6.27. The fourth-order valence-corrected chi connectivity index (χ4v) is 4.98. The summed E-state index contributed by atoms with van der Waals surface area (Å²) in [5, 5.41) is 12.1. The van der Waals surface area contributed by atoms with Crippen LogP contribution in [0.4, 0.5) is 4.79 Å². The van der Waals surface area contributed by atoms with E-state index in [0.717, 1.165) is 22.3 Å². The third-order valence-corrected chi connectivity index (χ3v) is 6.92. The fraction of sp³-hybridized carbons (Fsp3) is 0.269. The number of alkyl carbamates (subject to hydrolysis) is 1. The van der Waals surface area contributed by atoms with Gasteiger partial charge in [0.15, 0.2) is 12.4 Å². The summed E-state index contributed by atoms with van der Waals surface area (Å²) in [6, 6.07) is 18.1. The first kappa shape index (κ1) is 25.3. The Bertz CT molecular complexity index is 1330. The average molecular weight is 512 g/mol. The number of carboxylic acid groups (broad SMARTS) is 1. The summed E-state index contributed by atoms with van der Waals surface area (Å²) in [6.07, 6.45) is 2.79. The van der Waals surface area contributed by atoms with Gasteiger partial charge in [-0.3, -0.25) is 4.55 Å². The SMILES string of the molecule is O=C(N[C@H](Cc1ccc[n+](CCCS(=O)(=O)O)c1)C(=O)O)OCC1c2ccccc2-c2ccccc21. The van der Waals surface area contributed by atoms with Crippen LogP contribution < -0.4 is 9.88 Å². The molecule has 188 valence electrons. The minimum atomic E-state index is -4.05. The van der Waals surface area contributed by atoms with Crippen molar-refractivity contribution in [2.24, 2.45) is 0 Å². The first-order chi connectivity index (χ1) is 17.2. The van der Waals surface area contributed by atoms with Crippen molar-refractivity contribution in [1.82, 2.24) is 5.32 Å². The van der Waals surface area contributed by atoms with Crippen LogP contribution in [0.3, 0.4) is 0 Å². The van der Waals surface area contributed by atoms with Crippen molar-refractivity contribution in [3.05, 3.63) is 89.7 Å². The lowest BCUT2D eigenvalue weighted by Crippen LogP contribution is -2.43. The van der Waals surface area contributed by atoms with E-state index in [1.54, 1.807) is 29.1 Å². The number of rotatable bonds is 10. The lowest BCUT2D eigenvalue weighted by Gasteiger charge is -2.17. The number of carbonyl (C=O) groups excluding carboxylic acids is 1. The normalized spacial score (nSPS) is 13.5. The van der Waals surface area contributed by atoms with Gasteiger partial charge in [0.25, 0.3) is 10.1 Å². The minimum Gasteiger partial charge on any atom is -0.480 e. The smallest absolute Gasteiger partial charge is 0.407 e. The number of aryl methyl sites for hydroxylation is 1. The molecule has 4 rings (SSSR count). The Labute approximate surface area is 209 Å². The first-order valence-electron chi connectivity index (χ1n) is 11.5. The summed E-state index contributed by atoms with van der Waals surface area (Å²) in [4.78, 5) is 24.4. The molecule has 1 heterocycles. The largest absolute Gasteiger partial charge is 0.480 e. The monoisotopic (exact) mass is 511 g/mol. The number of benzene rings is 2. The molecule has 3 aromatic rings. The number of nitrogens with one attached hydrogen (secondary N) is 1. The number of hydrogen-bond acceptors (Lipinski definition) is 5. The Morgan fingerprint density at radius 1 is 1.00 bits per heavy atom. The number of hydrogen-bond donors (Lipinski definition) is 3. The first-order valence-corrected chi connectivity index (χ1v) is 13.1. The molecule has 0 unspecified atom stereocenters. The zero-order chi connectivity index (χ0) is 25.7. The molecule has 1 atom stereocenters. The van der Waals surface area contributed by atoms with Crippen molar-refractivity contribution in [1.29, 1.82) is 0 Å². The predicted octanol–water partition coefficient (Wildman–Crippen LogP) is 2.79. The maximum absolute atomic E-state index is 12.5. The molecule has 0 aliphatic heterocycles. The summed E-state index contributed by atoms with van der Waals surface area (Å²) in [5.41, 5.74) is 4.95. The molecule has 0 radical (unpaired) electrons. The molecule has 1 aliphatic rings. The molecular formula is C26H27N2O7S+. The van der Waals surface area contributed by atoms with Crippen molar-refractivity contribution in [2.75, 3.05) is 12.4 Å². The van der Waals surface area contributed by atoms with E-state index in [0.29, 0.717) is 12.1 Å². The zero-order valence-electron chi connectivity index (χ0n) is 19.4. The van der Waals surface area contributed by atoms with E-state index in [9.17, 15) is 23.1 Å². The van der Waals surface area contributed by atoms with Crippen molar-refractivity contribution < 1.29 is 37.0 Å². The predicted molar refractivity (Wildman–Crippen MR) is 131 cm³/mol. The van der Waals surface area contributed by atoms with Gasteiger partial charge in [-0.1, -0.05) is 48.5 Å². The number of amides is 1. The third-order valence-electron chi connectivity index (χ3n) is 6.11. The van der Waals surface area contributed by atoms with E-state index in [1.165, 1.54) is 0 Å². The molecule has 0 saturated carbocycles. The zero-order valence-corrected chi connectivity index (χ0v) is 20.2. The van der Waals surface area contributed by atoms with Crippen LogP contribution in [0.1, 0.15) is 29.0 Å². The summed E-state index contributed by atoms with van der Waals surface area (Å²) in [7, 11) is -4.05. The average Bonchev–Trinajstić information content (AvgIpc) is 3.15. The van der Waals surface area contributed by atoms with Crippen LogP contribution in [-0.4, -0.2) is 48.5 Å². The van der Waals surface area contributed by atoms with Crippen molar-refractivity contribution in [3.63, 3.8) is 0 Å². The summed E-state index contributed by atoms with van der Waals surface area (Å²) in [5.74, 6) is -1.71. The summed E-state index contributed by atoms with van der Waals surface area (Å²) < 4.78 is 37.8. The van der Waals surface area contributed by atoms with E-state index in [-0.39, 0.29) is 31.1 Å². The molecule has 3 N–H and O–H groups in total. The Morgan fingerprint density at radius 2 is 1.64 bits per heavy atom. The molecule has 9 nitrogen and oxygen atoms in total. The van der Waals surface area contributed by atoms with Gasteiger partial charge in [0.2, 0.25) is 0 Å². The number of pyridine rings is 1. The van der Waals surface area contributed by atoms with Gasteiger partial charge in [0, 0.05) is 30.4 Å². The number of carbonyl (C=O) groups is 2. The van der Waals surface area contributed by atoms with Gasteiger partial charge in [-0.2, -0.15) is 8.42 Å². The van der Waals surface area contributed by atoms with E-state index in [4.69, 9.17) is 9.29 Å². The van der Waals surface area contributed by atoms with Crippen molar-refractivity contribution in [3.8, 4) is 11.1 Å². The van der Waals surface area contributed by atoms with Gasteiger partial charge in [0.1, 0.15) is 19.2 Å². The number of aliphatic carboxylic acids is 1. The van der Waals surface area contributed by atoms with Crippen LogP contribution in [-0.2, 0) is 32.6 Å². The lowest BCUT2D eigenvalue weighted by molar-refractivity contribution is -0.697. The quantitative estimate of drug-likeness (QED) is 0.281. The number of aromatic nitrogens is 1. The second-order valence-corrected chi connectivity index (χ2v) is 10.2. The Kier molecular flexibility index (Phi) is 7.66. The minimum absolute atomic E-state index is 0.0126. The maximum Gasteiger partial charge on any atom is 0.407 e. The van der Waals surface area contributed by atoms with Gasteiger partial charge in [-0.25, -0.2) is 14.2 Å². The number of ether oxygens (including phenoxy) is 1. The molecule has 0 fully saturated rings. The molecule has 2 aromatic carbocycles. The van der Waals surface area contributed by atoms with Crippen LogP contribution in [0.25, 0.3) is 11.1 Å². The second kappa shape index (κ2) is 10.9. The highest BCUT2D eigenvalue weighted by atomic mass is 32.2. The van der Waals surface area contributed by atoms with Crippen molar-refractivity contribution >= 4 is 22.2 Å². The standard InChI is InChI=1S/C26H26N2O7S/c29-25(30)24(15-18-7-5-12-28(16-18)13-6-14-36(32,33)34)27-26(31)35-17-23-21-10-3-1-8-19(21)20-9-2-4-11-22(20)23/h1-5,7-12,16,23-24H,6,13-15,17H2,(H2-,27,29,30,31,32,33,34)/p+1/t24-/m1/s1. The highest BCUT2D eigenvalue weighted by Gasteiger charge is 2.30. The van der Waals surface area contributed by atoms with Crippen LogP contribution in [0.2, 0.25) is 0 Å².